The monoisotopic (exact) mass is 223 g/mol. The van der Waals surface area contributed by atoms with E-state index in [1.54, 1.807) is 19.2 Å². The normalized spacial score (nSPS) is 9.62. The van der Waals surface area contributed by atoms with E-state index in [-0.39, 0.29) is 18.1 Å². The van der Waals surface area contributed by atoms with Crippen molar-refractivity contribution in [2.75, 3.05) is 19.1 Å². The number of carbonyl (C=O) groups excluding carboxylic acids is 2. The fourth-order valence-electron chi connectivity index (χ4n) is 1.13. The van der Waals surface area contributed by atoms with Gasteiger partial charge in [0.2, 0.25) is 5.91 Å². The van der Waals surface area contributed by atoms with Crippen LogP contribution in [0.2, 0.25) is 0 Å². The number of rotatable bonds is 3. The van der Waals surface area contributed by atoms with E-state index in [0.29, 0.717) is 5.69 Å². The molecule has 0 atom stereocenters. The van der Waals surface area contributed by atoms with Gasteiger partial charge in [-0.2, -0.15) is 0 Å². The van der Waals surface area contributed by atoms with Crippen LogP contribution in [-0.2, 0) is 14.3 Å². The van der Waals surface area contributed by atoms with E-state index in [9.17, 15) is 9.59 Å². The van der Waals surface area contributed by atoms with Crippen molar-refractivity contribution < 1.29 is 19.4 Å². The second-order valence-corrected chi connectivity index (χ2v) is 3.22. The smallest absolute Gasteiger partial charge is 0.315 e. The molecule has 1 rings (SSSR count). The molecule has 0 bridgehead atoms. The van der Waals surface area contributed by atoms with Gasteiger partial charge >= 0.3 is 5.97 Å². The second-order valence-electron chi connectivity index (χ2n) is 3.22. The van der Waals surface area contributed by atoms with Gasteiger partial charge in [0.1, 0.15) is 12.2 Å². The lowest BCUT2D eigenvalue weighted by molar-refractivity contribution is -0.143. The van der Waals surface area contributed by atoms with Crippen LogP contribution < -0.4 is 4.90 Å². The standard InChI is InChI=1S/C11H13NO4/c1-12(10(14)7-11(15)16-2)8-3-5-9(13)6-4-8/h3-6,13H,7H2,1-2H3. The second kappa shape index (κ2) is 5.16. The van der Waals surface area contributed by atoms with E-state index in [1.165, 1.54) is 24.1 Å². The predicted octanol–water partition coefficient (Wildman–Crippen LogP) is 0.918. The Morgan fingerprint density at radius 1 is 1.31 bits per heavy atom. The molecule has 0 aromatic heterocycles. The van der Waals surface area contributed by atoms with Crippen molar-refractivity contribution in [1.82, 2.24) is 0 Å². The number of phenols is 1. The molecule has 0 spiro atoms. The summed E-state index contributed by atoms with van der Waals surface area (Å²) in [5.41, 5.74) is 0.603. The zero-order chi connectivity index (χ0) is 12.1. The van der Waals surface area contributed by atoms with Crippen LogP contribution >= 0.6 is 0 Å². The third kappa shape index (κ3) is 2.98. The quantitative estimate of drug-likeness (QED) is 0.611. The van der Waals surface area contributed by atoms with E-state index >= 15 is 0 Å². The van der Waals surface area contributed by atoms with Crippen molar-refractivity contribution in [3.8, 4) is 5.75 Å². The minimum atomic E-state index is -0.573. The fraction of sp³-hybridized carbons (Fsp3) is 0.273. The van der Waals surface area contributed by atoms with Crippen LogP contribution in [0.3, 0.4) is 0 Å². The first kappa shape index (κ1) is 12.0. The number of hydrogen-bond donors (Lipinski definition) is 1. The summed E-state index contributed by atoms with van der Waals surface area (Å²) in [6.07, 6.45) is -0.298. The largest absolute Gasteiger partial charge is 0.508 e. The summed E-state index contributed by atoms with van der Waals surface area (Å²) in [6.45, 7) is 0. The van der Waals surface area contributed by atoms with Crippen molar-refractivity contribution in [3.05, 3.63) is 24.3 Å². The van der Waals surface area contributed by atoms with Gasteiger partial charge in [0.05, 0.1) is 7.11 Å². The maximum Gasteiger partial charge on any atom is 0.315 e. The van der Waals surface area contributed by atoms with Crippen LogP contribution in [-0.4, -0.2) is 31.1 Å². The average molecular weight is 223 g/mol. The first-order chi connectivity index (χ1) is 7.54. The Labute approximate surface area is 93.2 Å². The Hall–Kier alpha value is -2.04. The maximum atomic E-state index is 11.6. The van der Waals surface area contributed by atoms with Crippen LogP contribution in [0.4, 0.5) is 5.69 Å². The molecule has 1 aromatic rings. The van der Waals surface area contributed by atoms with Gasteiger partial charge in [0.25, 0.3) is 0 Å². The molecular weight excluding hydrogens is 210 g/mol. The summed E-state index contributed by atoms with van der Waals surface area (Å²) >= 11 is 0. The highest BCUT2D eigenvalue weighted by molar-refractivity contribution is 6.03. The zero-order valence-corrected chi connectivity index (χ0v) is 9.14. The molecule has 5 nitrogen and oxygen atoms in total. The molecule has 0 aliphatic carbocycles. The number of amides is 1. The van der Waals surface area contributed by atoms with Crippen molar-refractivity contribution in [3.63, 3.8) is 0 Å². The first-order valence-corrected chi connectivity index (χ1v) is 4.67. The Bertz CT molecular complexity index is 385. The van der Waals surface area contributed by atoms with E-state index < -0.39 is 5.97 Å². The number of phenolic OH excluding ortho intramolecular Hbond substituents is 1. The molecule has 0 saturated heterocycles. The fourth-order valence-corrected chi connectivity index (χ4v) is 1.13. The van der Waals surface area contributed by atoms with Crippen molar-refractivity contribution in [1.29, 1.82) is 0 Å². The Balaban J connectivity index is 2.70. The van der Waals surface area contributed by atoms with Gasteiger partial charge < -0.3 is 14.7 Å². The van der Waals surface area contributed by atoms with Crippen molar-refractivity contribution in [2.24, 2.45) is 0 Å². The highest BCUT2D eigenvalue weighted by atomic mass is 16.5. The van der Waals surface area contributed by atoms with Crippen LogP contribution in [0.25, 0.3) is 0 Å². The number of esters is 1. The predicted molar refractivity (Wildman–Crippen MR) is 58.1 cm³/mol. The summed E-state index contributed by atoms with van der Waals surface area (Å²) in [6, 6.07) is 6.11. The first-order valence-electron chi connectivity index (χ1n) is 4.67. The Morgan fingerprint density at radius 3 is 2.38 bits per heavy atom. The summed E-state index contributed by atoms with van der Waals surface area (Å²) in [7, 11) is 2.79. The highest BCUT2D eigenvalue weighted by Crippen LogP contribution is 2.17. The number of anilines is 1. The van der Waals surface area contributed by atoms with Gasteiger partial charge in [-0.25, -0.2) is 0 Å². The minimum absolute atomic E-state index is 0.123. The zero-order valence-electron chi connectivity index (χ0n) is 9.14. The third-order valence-electron chi connectivity index (χ3n) is 2.13. The number of hydrogen-bond acceptors (Lipinski definition) is 4. The van der Waals surface area contributed by atoms with Crippen molar-refractivity contribution in [2.45, 2.75) is 6.42 Å². The third-order valence-corrected chi connectivity index (χ3v) is 2.13. The number of nitrogens with zero attached hydrogens (tertiary/aromatic N) is 1. The number of aromatic hydroxyl groups is 1. The molecule has 0 radical (unpaired) electrons. The lowest BCUT2D eigenvalue weighted by Crippen LogP contribution is -2.28. The number of benzene rings is 1. The molecular formula is C11H13NO4. The molecule has 0 unspecified atom stereocenters. The average Bonchev–Trinajstić information content (AvgIpc) is 2.28. The van der Waals surface area contributed by atoms with Gasteiger partial charge in [-0.3, -0.25) is 9.59 Å². The summed E-state index contributed by atoms with van der Waals surface area (Å²) in [5, 5.41) is 9.08. The van der Waals surface area contributed by atoms with Crippen LogP contribution in [0, 0.1) is 0 Å². The maximum absolute atomic E-state index is 11.6. The van der Waals surface area contributed by atoms with E-state index in [1.807, 2.05) is 0 Å². The molecule has 1 aromatic carbocycles. The van der Waals surface area contributed by atoms with E-state index in [4.69, 9.17) is 5.11 Å². The lowest BCUT2D eigenvalue weighted by Gasteiger charge is -2.16. The van der Waals surface area contributed by atoms with Crippen molar-refractivity contribution >= 4 is 17.6 Å². The molecule has 0 aliphatic heterocycles. The highest BCUT2D eigenvalue weighted by Gasteiger charge is 2.15. The molecule has 86 valence electrons. The Kier molecular flexibility index (Phi) is 3.88. The lowest BCUT2D eigenvalue weighted by atomic mass is 10.2. The number of ether oxygens (including phenoxy) is 1. The van der Waals surface area contributed by atoms with Gasteiger partial charge in [-0.05, 0) is 24.3 Å². The summed E-state index contributed by atoms with van der Waals surface area (Å²) in [4.78, 5) is 23.8. The molecule has 0 saturated carbocycles. The van der Waals surface area contributed by atoms with Crippen LogP contribution in [0.5, 0.6) is 5.75 Å². The molecule has 1 amide bonds. The van der Waals surface area contributed by atoms with Gasteiger partial charge in [-0.15, -0.1) is 0 Å². The molecule has 16 heavy (non-hydrogen) atoms. The van der Waals surface area contributed by atoms with E-state index in [2.05, 4.69) is 4.74 Å². The molecule has 5 heteroatoms. The summed E-state index contributed by atoms with van der Waals surface area (Å²) in [5.74, 6) is -0.814. The topological polar surface area (TPSA) is 66.8 Å². The van der Waals surface area contributed by atoms with Gasteiger partial charge in [0.15, 0.2) is 0 Å². The Morgan fingerprint density at radius 2 is 1.88 bits per heavy atom. The van der Waals surface area contributed by atoms with Gasteiger partial charge in [-0.1, -0.05) is 0 Å². The minimum Gasteiger partial charge on any atom is -0.508 e. The van der Waals surface area contributed by atoms with Gasteiger partial charge in [0, 0.05) is 12.7 Å². The molecule has 0 fully saturated rings. The molecule has 0 aliphatic rings. The molecule has 0 heterocycles. The number of carbonyl (C=O) groups is 2. The summed E-state index contributed by atoms with van der Waals surface area (Å²) < 4.78 is 4.40. The SMILES string of the molecule is COC(=O)CC(=O)N(C)c1ccc(O)cc1. The molecule has 1 N–H and O–H groups in total. The number of methoxy groups -OCH3 is 1. The van der Waals surface area contributed by atoms with Crippen LogP contribution in [0.15, 0.2) is 24.3 Å². The van der Waals surface area contributed by atoms with E-state index in [0.717, 1.165) is 0 Å². The van der Waals surface area contributed by atoms with Crippen LogP contribution in [0.1, 0.15) is 6.42 Å².